The third-order valence-electron chi connectivity index (χ3n) is 2.67. The molecule has 1 N–H and O–H groups in total. The Kier molecular flexibility index (Phi) is 5.08. The number of ether oxygens (including phenoxy) is 2. The van der Waals surface area contributed by atoms with Gasteiger partial charge in [0.05, 0.1) is 11.6 Å². The molecule has 5 nitrogen and oxygen atoms in total. The number of rotatable bonds is 5. The minimum atomic E-state index is -0.915. The van der Waals surface area contributed by atoms with E-state index in [2.05, 4.69) is 5.32 Å². The summed E-state index contributed by atoms with van der Waals surface area (Å²) in [6, 6.07) is 1.75. The van der Waals surface area contributed by atoms with Gasteiger partial charge >= 0.3 is 5.97 Å². The standard InChI is InChI=1S/C13H19NO4S/c1-6-18-11(15)10-8(2)7-9(19-10)14-12(16)13(3,4)17-5/h7H,6H2,1-5H3,(H,14,16). The summed E-state index contributed by atoms with van der Waals surface area (Å²) in [7, 11) is 1.48. The second kappa shape index (κ2) is 6.16. The van der Waals surface area contributed by atoms with Crippen molar-refractivity contribution in [2.24, 2.45) is 0 Å². The molecule has 0 saturated heterocycles. The first-order valence-corrected chi connectivity index (χ1v) is 6.77. The number of anilines is 1. The molecule has 1 heterocycles. The molecule has 0 unspecified atom stereocenters. The number of carbonyl (C=O) groups excluding carboxylic acids is 2. The Labute approximate surface area is 116 Å². The zero-order valence-electron chi connectivity index (χ0n) is 11.8. The van der Waals surface area contributed by atoms with E-state index in [1.165, 1.54) is 18.4 Å². The maximum atomic E-state index is 11.9. The van der Waals surface area contributed by atoms with E-state index in [-0.39, 0.29) is 11.9 Å². The summed E-state index contributed by atoms with van der Waals surface area (Å²) in [5.41, 5.74) is -0.129. The van der Waals surface area contributed by atoms with Crippen LogP contribution in [0.4, 0.5) is 5.00 Å². The lowest BCUT2D eigenvalue weighted by molar-refractivity contribution is -0.133. The summed E-state index contributed by atoms with van der Waals surface area (Å²) in [6.07, 6.45) is 0. The molecule has 0 atom stereocenters. The molecule has 0 radical (unpaired) electrons. The summed E-state index contributed by atoms with van der Waals surface area (Å²) in [6.45, 7) is 7.24. The molecule has 1 amide bonds. The fourth-order valence-electron chi connectivity index (χ4n) is 1.30. The first kappa shape index (κ1) is 15.7. The minimum absolute atomic E-state index is 0.258. The molecule has 0 aliphatic rings. The highest BCUT2D eigenvalue weighted by Gasteiger charge is 2.28. The maximum Gasteiger partial charge on any atom is 0.348 e. The summed E-state index contributed by atoms with van der Waals surface area (Å²) in [4.78, 5) is 24.1. The highest BCUT2D eigenvalue weighted by molar-refractivity contribution is 7.18. The van der Waals surface area contributed by atoms with E-state index in [0.29, 0.717) is 16.5 Å². The van der Waals surface area contributed by atoms with E-state index in [4.69, 9.17) is 9.47 Å². The number of amides is 1. The summed E-state index contributed by atoms with van der Waals surface area (Å²) in [5, 5.41) is 3.35. The van der Waals surface area contributed by atoms with Gasteiger partial charge in [-0.1, -0.05) is 0 Å². The van der Waals surface area contributed by atoms with E-state index in [9.17, 15) is 9.59 Å². The van der Waals surface area contributed by atoms with Crippen LogP contribution in [-0.2, 0) is 14.3 Å². The highest BCUT2D eigenvalue weighted by atomic mass is 32.1. The number of hydrogen-bond donors (Lipinski definition) is 1. The third-order valence-corrected chi connectivity index (χ3v) is 3.81. The molecule has 6 heteroatoms. The second-order valence-electron chi connectivity index (χ2n) is 4.51. The van der Waals surface area contributed by atoms with Crippen molar-refractivity contribution in [1.82, 2.24) is 0 Å². The largest absolute Gasteiger partial charge is 0.462 e. The lowest BCUT2D eigenvalue weighted by atomic mass is 10.1. The van der Waals surface area contributed by atoms with Crippen molar-refractivity contribution in [3.8, 4) is 0 Å². The first-order chi connectivity index (χ1) is 8.81. The number of carbonyl (C=O) groups is 2. The van der Waals surface area contributed by atoms with Crippen LogP contribution in [-0.4, -0.2) is 31.2 Å². The zero-order valence-corrected chi connectivity index (χ0v) is 12.6. The van der Waals surface area contributed by atoms with Crippen molar-refractivity contribution >= 4 is 28.2 Å². The normalized spacial score (nSPS) is 11.2. The average Bonchev–Trinajstić information content (AvgIpc) is 2.70. The Balaban J connectivity index is 2.85. The van der Waals surface area contributed by atoms with E-state index >= 15 is 0 Å². The van der Waals surface area contributed by atoms with Gasteiger partial charge in [-0.05, 0) is 39.3 Å². The van der Waals surface area contributed by atoms with Crippen LogP contribution in [0.15, 0.2) is 6.07 Å². The number of nitrogens with one attached hydrogen (secondary N) is 1. The Bertz CT molecular complexity index is 479. The fourth-order valence-corrected chi connectivity index (χ4v) is 2.26. The van der Waals surface area contributed by atoms with Crippen molar-refractivity contribution in [2.45, 2.75) is 33.3 Å². The number of thiophene rings is 1. The van der Waals surface area contributed by atoms with Gasteiger partial charge in [-0.3, -0.25) is 4.79 Å². The average molecular weight is 285 g/mol. The van der Waals surface area contributed by atoms with Crippen LogP contribution in [0.25, 0.3) is 0 Å². The summed E-state index contributed by atoms with van der Waals surface area (Å²) < 4.78 is 10.0. The topological polar surface area (TPSA) is 64.6 Å². The van der Waals surface area contributed by atoms with Gasteiger partial charge in [-0.25, -0.2) is 4.79 Å². The maximum absolute atomic E-state index is 11.9. The van der Waals surface area contributed by atoms with Gasteiger partial charge in [0.1, 0.15) is 10.5 Å². The van der Waals surface area contributed by atoms with E-state index in [1.54, 1.807) is 33.8 Å². The molecular formula is C13H19NO4S. The van der Waals surface area contributed by atoms with E-state index in [0.717, 1.165) is 5.56 Å². The molecule has 1 rings (SSSR count). The summed E-state index contributed by atoms with van der Waals surface area (Å²) in [5.74, 6) is -0.622. The molecule has 19 heavy (non-hydrogen) atoms. The fraction of sp³-hybridized carbons (Fsp3) is 0.538. The molecule has 0 aromatic carbocycles. The number of methoxy groups -OCH3 is 1. The van der Waals surface area contributed by atoms with E-state index in [1.807, 2.05) is 0 Å². The zero-order chi connectivity index (χ0) is 14.6. The van der Waals surface area contributed by atoms with Gasteiger partial charge < -0.3 is 14.8 Å². The Morgan fingerprint density at radius 3 is 2.58 bits per heavy atom. The number of aryl methyl sites for hydroxylation is 1. The molecule has 0 aliphatic heterocycles. The molecule has 0 saturated carbocycles. The van der Waals surface area contributed by atoms with Crippen LogP contribution in [0, 0.1) is 6.92 Å². The lowest BCUT2D eigenvalue weighted by Gasteiger charge is -2.20. The van der Waals surface area contributed by atoms with Crippen LogP contribution in [0.3, 0.4) is 0 Å². The number of esters is 1. The van der Waals surface area contributed by atoms with E-state index < -0.39 is 5.60 Å². The minimum Gasteiger partial charge on any atom is -0.462 e. The molecule has 106 valence electrons. The van der Waals surface area contributed by atoms with Crippen LogP contribution >= 0.6 is 11.3 Å². The van der Waals surface area contributed by atoms with Crippen LogP contribution in [0.1, 0.15) is 36.0 Å². The molecule has 1 aromatic heterocycles. The van der Waals surface area contributed by atoms with Crippen molar-refractivity contribution in [1.29, 1.82) is 0 Å². The predicted molar refractivity (Wildman–Crippen MR) is 74.7 cm³/mol. The monoisotopic (exact) mass is 285 g/mol. The SMILES string of the molecule is CCOC(=O)c1sc(NC(=O)C(C)(C)OC)cc1C. The van der Waals surface area contributed by atoms with Gasteiger partial charge in [0.2, 0.25) is 0 Å². The summed E-state index contributed by atoms with van der Waals surface area (Å²) >= 11 is 1.20. The van der Waals surface area contributed by atoms with Gasteiger partial charge in [-0.2, -0.15) is 0 Å². The molecule has 1 aromatic rings. The van der Waals surface area contributed by atoms with Crippen LogP contribution in [0.2, 0.25) is 0 Å². The van der Waals surface area contributed by atoms with Crippen LogP contribution in [0.5, 0.6) is 0 Å². The molecular weight excluding hydrogens is 266 g/mol. The van der Waals surface area contributed by atoms with Crippen molar-refractivity contribution in [3.05, 3.63) is 16.5 Å². The molecule has 0 spiro atoms. The van der Waals surface area contributed by atoms with Crippen LogP contribution < -0.4 is 5.32 Å². The Morgan fingerprint density at radius 1 is 1.42 bits per heavy atom. The second-order valence-corrected chi connectivity index (χ2v) is 5.56. The van der Waals surface area contributed by atoms with Crippen molar-refractivity contribution in [3.63, 3.8) is 0 Å². The Hall–Kier alpha value is -1.40. The van der Waals surface area contributed by atoms with Gasteiger partial charge in [0.25, 0.3) is 5.91 Å². The van der Waals surface area contributed by atoms with Gasteiger partial charge in [0.15, 0.2) is 0 Å². The highest BCUT2D eigenvalue weighted by Crippen LogP contribution is 2.28. The lowest BCUT2D eigenvalue weighted by Crippen LogP contribution is -2.38. The predicted octanol–water partition coefficient (Wildman–Crippen LogP) is 2.60. The van der Waals surface area contributed by atoms with Crippen molar-refractivity contribution < 1.29 is 19.1 Å². The third kappa shape index (κ3) is 3.78. The molecule has 0 bridgehead atoms. The molecule has 0 aliphatic carbocycles. The van der Waals surface area contributed by atoms with Gasteiger partial charge in [-0.15, -0.1) is 11.3 Å². The van der Waals surface area contributed by atoms with Gasteiger partial charge in [0, 0.05) is 7.11 Å². The molecule has 0 fully saturated rings. The van der Waals surface area contributed by atoms with Crippen molar-refractivity contribution in [2.75, 3.05) is 19.0 Å². The quantitative estimate of drug-likeness (QED) is 0.845. The first-order valence-electron chi connectivity index (χ1n) is 5.96. The smallest absolute Gasteiger partial charge is 0.348 e. The Morgan fingerprint density at radius 2 is 2.05 bits per heavy atom. The number of hydrogen-bond acceptors (Lipinski definition) is 5.